The molecule has 1 aliphatic rings. The summed E-state index contributed by atoms with van der Waals surface area (Å²) in [5, 5.41) is 5.70. The second-order valence-electron chi connectivity index (χ2n) is 4.82. The maximum absolute atomic E-state index is 3.50. The first-order valence-corrected chi connectivity index (χ1v) is 7.74. The lowest BCUT2D eigenvalue weighted by Gasteiger charge is -2.35. The molecule has 0 bridgehead atoms. The monoisotopic (exact) mass is 252 g/mol. The minimum Gasteiger partial charge on any atom is -0.315 e. The Labute approximate surface area is 109 Å². The van der Waals surface area contributed by atoms with Gasteiger partial charge in [0.2, 0.25) is 0 Å². The van der Waals surface area contributed by atoms with Crippen LogP contribution >= 0.6 is 11.3 Å². The van der Waals surface area contributed by atoms with E-state index in [2.05, 4.69) is 41.6 Å². The highest BCUT2D eigenvalue weighted by molar-refractivity contribution is 7.10. The topological polar surface area (TPSA) is 15.3 Å². The summed E-state index contributed by atoms with van der Waals surface area (Å²) in [5.74, 6) is 0. The Morgan fingerprint density at radius 2 is 2.41 bits per heavy atom. The first-order valence-electron chi connectivity index (χ1n) is 6.86. The zero-order valence-corrected chi connectivity index (χ0v) is 11.8. The van der Waals surface area contributed by atoms with Crippen molar-refractivity contribution in [2.24, 2.45) is 0 Å². The molecule has 0 radical (unpaired) electrons. The van der Waals surface area contributed by atoms with Gasteiger partial charge in [-0.05, 0) is 43.8 Å². The van der Waals surface area contributed by atoms with E-state index in [4.69, 9.17) is 0 Å². The summed E-state index contributed by atoms with van der Waals surface area (Å²) >= 11 is 1.91. The van der Waals surface area contributed by atoms with Gasteiger partial charge in [-0.25, -0.2) is 0 Å². The van der Waals surface area contributed by atoms with Crippen molar-refractivity contribution in [3.8, 4) is 0 Å². The van der Waals surface area contributed by atoms with Gasteiger partial charge in [-0.3, -0.25) is 4.90 Å². The number of thiophene rings is 1. The zero-order chi connectivity index (χ0) is 12.1. The van der Waals surface area contributed by atoms with E-state index in [9.17, 15) is 0 Å². The van der Waals surface area contributed by atoms with Gasteiger partial charge in [-0.15, -0.1) is 11.3 Å². The fourth-order valence-corrected chi connectivity index (χ4v) is 3.78. The Kier molecular flexibility index (Phi) is 5.01. The Balaban J connectivity index is 2.11. The summed E-state index contributed by atoms with van der Waals surface area (Å²) in [6.07, 6.45) is 3.78. The largest absolute Gasteiger partial charge is 0.315 e. The molecule has 1 fully saturated rings. The van der Waals surface area contributed by atoms with E-state index >= 15 is 0 Å². The highest BCUT2D eigenvalue weighted by atomic mass is 32.1. The van der Waals surface area contributed by atoms with Gasteiger partial charge in [0.15, 0.2) is 0 Å². The third kappa shape index (κ3) is 3.09. The van der Waals surface area contributed by atoms with Crippen molar-refractivity contribution in [3.05, 3.63) is 22.4 Å². The van der Waals surface area contributed by atoms with Gasteiger partial charge in [-0.1, -0.05) is 19.9 Å². The Hall–Kier alpha value is -0.380. The molecule has 2 atom stereocenters. The van der Waals surface area contributed by atoms with E-state index in [-0.39, 0.29) is 0 Å². The Morgan fingerprint density at radius 3 is 2.94 bits per heavy atom. The molecule has 0 aromatic carbocycles. The van der Waals surface area contributed by atoms with Crippen LogP contribution in [0, 0.1) is 0 Å². The highest BCUT2D eigenvalue weighted by Gasteiger charge is 2.28. The summed E-state index contributed by atoms with van der Waals surface area (Å²) in [5.41, 5.74) is 0. The number of nitrogens with zero attached hydrogens (tertiary/aromatic N) is 1. The fraction of sp³-hybridized carbons (Fsp3) is 0.714. The van der Waals surface area contributed by atoms with Gasteiger partial charge in [0, 0.05) is 23.5 Å². The van der Waals surface area contributed by atoms with Crippen molar-refractivity contribution in [1.82, 2.24) is 10.2 Å². The van der Waals surface area contributed by atoms with Crippen molar-refractivity contribution in [3.63, 3.8) is 0 Å². The summed E-state index contributed by atoms with van der Waals surface area (Å²) in [7, 11) is 0. The second kappa shape index (κ2) is 6.53. The minimum atomic E-state index is 0.625. The molecular formula is C14H24N2S. The Morgan fingerprint density at radius 1 is 1.53 bits per heavy atom. The number of hydrogen-bond donors (Lipinski definition) is 1. The van der Waals surface area contributed by atoms with Crippen LogP contribution in [0.5, 0.6) is 0 Å². The van der Waals surface area contributed by atoms with Crippen molar-refractivity contribution in [2.45, 2.75) is 45.2 Å². The van der Waals surface area contributed by atoms with Crippen LogP contribution in [-0.4, -0.2) is 30.6 Å². The molecular weight excluding hydrogens is 228 g/mol. The van der Waals surface area contributed by atoms with Crippen LogP contribution in [0.4, 0.5) is 0 Å². The molecule has 2 unspecified atom stereocenters. The van der Waals surface area contributed by atoms with Gasteiger partial charge in [-0.2, -0.15) is 0 Å². The average molecular weight is 252 g/mol. The van der Waals surface area contributed by atoms with E-state index in [0.29, 0.717) is 6.04 Å². The number of nitrogens with one attached hydrogen (secondary N) is 1. The van der Waals surface area contributed by atoms with E-state index in [1.807, 2.05) is 11.3 Å². The summed E-state index contributed by atoms with van der Waals surface area (Å²) in [4.78, 5) is 4.26. The lowest BCUT2D eigenvalue weighted by molar-refractivity contribution is 0.141. The maximum Gasteiger partial charge on any atom is 0.0442 e. The van der Waals surface area contributed by atoms with E-state index in [1.54, 1.807) is 0 Å². The van der Waals surface area contributed by atoms with Crippen LogP contribution in [0.15, 0.2) is 17.5 Å². The van der Waals surface area contributed by atoms with Crippen LogP contribution in [0.25, 0.3) is 0 Å². The predicted molar refractivity (Wildman–Crippen MR) is 75.6 cm³/mol. The molecule has 1 aromatic heterocycles. The van der Waals surface area contributed by atoms with Crippen molar-refractivity contribution >= 4 is 11.3 Å². The van der Waals surface area contributed by atoms with Crippen LogP contribution in [0.3, 0.4) is 0 Å². The molecule has 0 spiro atoms. The Bertz CT molecular complexity index is 304. The molecule has 0 aliphatic carbocycles. The predicted octanol–water partition coefficient (Wildman–Crippen LogP) is 3.27. The van der Waals surface area contributed by atoms with Gasteiger partial charge in [0.25, 0.3) is 0 Å². The molecule has 1 saturated heterocycles. The van der Waals surface area contributed by atoms with E-state index in [1.165, 1.54) is 43.8 Å². The summed E-state index contributed by atoms with van der Waals surface area (Å²) in [6.45, 7) is 8.18. The average Bonchev–Trinajstić information content (AvgIpc) is 3.02. The van der Waals surface area contributed by atoms with Gasteiger partial charge >= 0.3 is 0 Å². The molecule has 96 valence electrons. The quantitative estimate of drug-likeness (QED) is 0.836. The molecule has 0 saturated carbocycles. The first kappa shape index (κ1) is 13.1. The lowest BCUT2D eigenvalue weighted by Crippen LogP contribution is -2.39. The third-order valence-corrected chi connectivity index (χ3v) is 4.62. The molecule has 2 heterocycles. The van der Waals surface area contributed by atoms with Crippen molar-refractivity contribution in [2.75, 3.05) is 19.6 Å². The highest BCUT2D eigenvalue weighted by Crippen LogP contribution is 2.31. The summed E-state index contributed by atoms with van der Waals surface area (Å²) in [6, 6.07) is 5.84. The molecule has 3 heteroatoms. The van der Waals surface area contributed by atoms with Crippen molar-refractivity contribution < 1.29 is 0 Å². The molecule has 2 nitrogen and oxygen atoms in total. The second-order valence-corrected chi connectivity index (χ2v) is 5.80. The number of rotatable bonds is 6. The van der Waals surface area contributed by atoms with Gasteiger partial charge < -0.3 is 5.32 Å². The standard InChI is InChI=1S/C14H24N2S/c1-3-9-16(12-7-8-15-11-12)13(4-2)14-6-5-10-17-14/h5-6,10,12-13,15H,3-4,7-9,11H2,1-2H3. The SMILES string of the molecule is CCCN(C1CCNC1)C(CC)c1cccs1. The first-order chi connectivity index (χ1) is 8.36. The van der Waals surface area contributed by atoms with Crippen molar-refractivity contribution in [1.29, 1.82) is 0 Å². The minimum absolute atomic E-state index is 0.625. The fourth-order valence-electron chi connectivity index (χ4n) is 2.85. The van der Waals surface area contributed by atoms with E-state index < -0.39 is 0 Å². The molecule has 1 aromatic rings. The summed E-state index contributed by atoms with van der Waals surface area (Å²) < 4.78 is 0. The normalized spacial score (nSPS) is 22.2. The molecule has 1 N–H and O–H groups in total. The van der Waals surface area contributed by atoms with E-state index in [0.717, 1.165) is 6.04 Å². The molecule has 17 heavy (non-hydrogen) atoms. The van der Waals surface area contributed by atoms with Crippen LogP contribution in [0.1, 0.15) is 44.0 Å². The van der Waals surface area contributed by atoms with Crippen LogP contribution in [0.2, 0.25) is 0 Å². The number of hydrogen-bond acceptors (Lipinski definition) is 3. The third-order valence-electron chi connectivity index (χ3n) is 3.64. The molecule has 2 rings (SSSR count). The lowest BCUT2D eigenvalue weighted by atomic mass is 10.1. The van der Waals surface area contributed by atoms with Gasteiger partial charge in [0.05, 0.1) is 0 Å². The zero-order valence-electron chi connectivity index (χ0n) is 11.0. The van der Waals surface area contributed by atoms with Crippen LogP contribution in [-0.2, 0) is 0 Å². The van der Waals surface area contributed by atoms with Crippen LogP contribution < -0.4 is 5.32 Å². The molecule has 0 amide bonds. The van der Waals surface area contributed by atoms with Gasteiger partial charge in [0.1, 0.15) is 0 Å². The maximum atomic E-state index is 3.50. The smallest absolute Gasteiger partial charge is 0.0442 e. The molecule has 1 aliphatic heterocycles.